The molecule has 0 fully saturated rings. The van der Waals surface area contributed by atoms with Crippen molar-refractivity contribution in [2.24, 2.45) is 0 Å². The smallest absolute Gasteiger partial charge is 0.113 e. The van der Waals surface area contributed by atoms with Gasteiger partial charge in [0, 0.05) is 4.88 Å². The molecule has 0 spiro atoms. The van der Waals surface area contributed by atoms with E-state index in [0.29, 0.717) is 0 Å². The molecule has 0 aliphatic rings. The van der Waals surface area contributed by atoms with Crippen LogP contribution < -0.4 is 0 Å². The first-order valence-corrected chi connectivity index (χ1v) is 5.85. The quantitative estimate of drug-likeness (QED) is 0.818. The largest absolute Gasteiger partial charge is 0.383 e. The number of hydrogen-bond acceptors (Lipinski definition) is 2. The monoisotopic (exact) mass is 218 g/mol. The lowest BCUT2D eigenvalue weighted by Gasteiger charge is -2.11. The van der Waals surface area contributed by atoms with Gasteiger partial charge in [0.1, 0.15) is 6.10 Å². The van der Waals surface area contributed by atoms with E-state index in [9.17, 15) is 5.11 Å². The summed E-state index contributed by atoms with van der Waals surface area (Å²) in [4.78, 5) is 1.02. The summed E-state index contributed by atoms with van der Waals surface area (Å²) in [7, 11) is 0. The molecule has 0 aliphatic carbocycles. The Bertz CT molecular complexity index is 459. The Morgan fingerprint density at radius 1 is 1.20 bits per heavy atom. The van der Waals surface area contributed by atoms with Gasteiger partial charge in [-0.25, -0.2) is 0 Å². The van der Waals surface area contributed by atoms with Gasteiger partial charge in [-0.05, 0) is 42.0 Å². The van der Waals surface area contributed by atoms with Crippen molar-refractivity contribution in [3.63, 3.8) is 0 Å². The number of hydrogen-bond donors (Lipinski definition) is 1. The lowest BCUT2D eigenvalue weighted by molar-refractivity contribution is 0.223. The zero-order valence-electron chi connectivity index (χ0n) is 8.90. The van der Waals surface area contributed by atoms with Gasteiger partial charge in [0.2, 0.25) is 0 Å². The predicted molar refractivity (Wildman–Crippen MR) is 64.3 cm³/mol. The van der Waals surface area contributed by atoms with Crippen molar-refractivity contribution in [2.75, 3.05) is 0 Å². The third-order valence-corrected chi connectivity index (χ3v) is 3.61. The SMILES string of the molecule is Cc1csc(C(O)c2ccccc2C)c1. The maximum Gasteiger partial charge on any atom is 0.113 e. The van der Waals surface area contributed by atoms with Gasteiger partial charge in [-0.15, -0.1) is 11.3 Å². The Hall–Kier alpha value is -1.12. The first-order valence-electron chi connectivity index (χ1n) is 4.97. The molecule has 2 rings (SSSR count). The zero-order valence-corrected chi connectivity index (χ0v) is 9.71. The zero-order chi connectivity index (χ0) is 10.8. The molecule has 1 unspecified atom stereocenters. The predicted octanol–water partition coefficient (Wildman–Crippen LogP) is 3.45. The molecule has 1 aromatic carbocycles. The molecule has 2 aromatic rings. The third kappa shape index (κ3) is 2.11. The van der Waals surface area contributed by atoms with Crippen molar-refractivity contribution in [1.82, 2.24) is 0 Å². The van der Waals surface area contributed by atoms with Crippen LogP contribution in [0.15, 0.2) is 35.7 Å². The molecule has 0 saturated heterocycles. The molecule has 1 N–H and O–H groups in total. The summed E-state index contributed by atoms with van der Waals surface area (Å²) in [6, 6.07) is 10.0. The third-order valence-electron chi connectivity index (χ3n) is 2.50. The second-order valence-electron chi connectivity index (χ2n) is 3.79. The van der Waals surface area contributed by atoms with Gasteiger partial charge in [-0.1, -0.05) is 24.3 Å². The lowest BCUT2D eigenvalue weighted by atomic mass is 10.0. The minimum absolute atomic E-state index is 0.482. The number of aliphatic hydroxyl groups excluding tert-OH is 1. The average Bonchev–Trinajstić information content (AvgIpc) is 2.65. The summed E-state index contributed by atoms with van der Waals surface area (Å²) in [5, 5.41) is 12.3. The topological polar surface area (TPSA) is 20.2 Å². The van der Waals surface area contributed by atoms with E-state index in [0.717, 1.165) is 16.0 Å². The summed E-state index contributed by atoms with van der Waals surface area (Å²) in [6.45, 7) is 4.07. The van der Waals surface area contributed by atoms with Crippen LogP contribution in [-0.4, -0.2) is 5.11 Å². The first-order chi connectivity index (χ1) is 7.18. The van der Waals surface area contributed by atoms with Gasteiger partial charge in [0.25, 0.3) is 0 Å². The highest BCUT2D eigenvalue weighted by atomic mass is 32.1. The van der Waals surface area contributed by atoms with Crippen LogP contribution in [-0.2, 0) is 0 Å². The molecule has 1 heterocycles. The highest BCUT2D eigenvalue weighted by Gasteiger charge is 2.13. The molecule has 15 heavy (non-hydrogen) atoms. The van der Waals surface area contributed by atoms with Crippen molar-refractivity contribution in [1.29, 1.82) is 0 Å². The Morgan fingerprint density at radius 3 is 2.53 bits per heavy atom. The molecule has 0 amide bonds. The summed E-state index contributed by atoms with van der Waals surface area (Å²) >= 11 is 1.61. The van der Waals surface area contributed by atoms with Crippen molar-refractivity contribution in [2.45, 2.75) is 20.0 Å². The number of rotatable bonds is 2. The second kappa shape index (κ2) is 4.17. The molecule has 0 aliphatic heterocycles. The molecular formula is C13H14OS. The van der Waals surface area contributed by atoms with Crippen molar-refractivity contribution in [3.8, 4) is 0 Å². The molecule has 2 heteroatoms. The van der Waals surface area contributed by atoms with Crippen LogP contribution >= 0.6 is 11.3 Å². The number of thiophene rings is 1. The van der Waals surface area contributed by atoms with Crippen LogP contribution in [0.25, 0.3) is 0 Å². The van der Waals surface area contributed by atoms with Crippen LogP contribution in [0.4, 0.5) is 0 Å². The molecule has 0 bridgehead atoms. The van der Waals surface area contributed by atoms with E-state index in [1.165, 1.54) is 5.56 Å². The normalized spacial score (nSPS) is 12.7. The fourth-order valence-corrected chi connectivity index (χ4v) is 2.54. The average molecular weight is 218 g/mol. The summed E-state index contributed by atoms with van der Waals surface area (Å²) in [5.74, 6) is 0. The number of benzene rings is 1. The van der Waals surface area contributed by atoms with Crippen molar-refractivity contribution in [3.05, 3.63) is 57.3 Å². The molecule has 0 radical (unpaired) electrons. The van der Waals surface area contributed by atoms with E-state index >= 15 is 0 Å². The van der Waals surface area contributed by atoms with Gasteiger partial charge >= 0.3 is 0 Å². The van der Waals surface area contributed by atoms with Crippen molar-refractivity contribution >= 4 is 11.3 Å². The molecule has 0 saturated carbocycles. The Labute approximate surface area is 94.0 Å². The standard InChI is InChI=1S/C13H14OS/c1-9-7-12(15-8-9)13(14)11-6-4-3-5-10(11)2/h3-8,13-14H,1-2H3. The van der Waals surface area contributed by atoms with Crippen LogP contribution in [0.1, 0.15) is 27.7 Å². The van der Waals surface area contributed by atoms with Gasteiger partial charge < -0.3 is 5.11 Å². The van der Waals surface area contributed by atoms with Gasteiger partial charge in [-0.3, -0.25) is 0 Å². The van der Waals surface area contributed by atoms with E-state index in [2.05, 4.69) is 5.38 Å². The minimum Gasteiger partial charge on any atom is -0.383 e. The maximum atomic E-state index is 10.2. The van der Waals surface area contributed by atoms with E-state index < -0.39 is 6.10 Å². The molecule has 1 aromatic heterocycles. The fourth-order valence-electron chi connectivity index (χ4n) is 1.64. The van der Waals surface area contributed by atoms with E-state index in [1.807, 2.05) is 44.2 Å². The van der Waals surface area contributed by atoms with E-state index in [1.54, 1.807) is 11.3 Å². The van der Waals surface area contributed by atoms with E-state index in [-0.39, 0.29) is 0 Å². The maximum absolute atomic E-state index is 10.2. The molecule has 1 atom stereocenters. The minimum atomic E-state index is -0.482. The fraction of sp³-hybridized carbons (Fsp3) is 0.231. The highest BCUT2D eigenvalue weighted by molar-refractivity contribution is 7.10. The second-order valence-corrected chi connectivity index (χ2v) is 4.73. The van der Waals surface area contributed by atoms with Crippen LogP contribution in [0.2, 0.25) is 0 Å². The Morgan fingerprint density at radius 2 is 1.93 bits per heavy atom. The Balaban J connectivity index is 2.36. The highest BCUT2D eigenvalue weighted by Crippen LogP contribution is 2.29. The Kier molecular flexibility index (Phi) is 2.89. The molecular weight excluding hydrogens is 204 g/mol. The summed E-state index contributed by atoms with van der Waals surface area (Å²) in [5.41, 5.74) is 3.35. The first kappa shape index (κ1) is 10.4. The van der Waals surface area contributed by atoms with Crippen LogP contribution in [0.3, 0.4) is 0 Å². The molecule has 1 nitrogen and oxygen atoms in total. The number of aliphatic hydroxyl groups is 1. The van der Waals surface area contributed by atoms with Crippen LogP contribution in [0.5, 0.6) is 0 Å². The van der Waals surface area contributed by atoms with E-state index in [4.69, 9.17) is 0 Å². The van der Waals surface area contributed by atoms with Gasteiger partial charge in [0.15, 0.2) is 0 Å². The summed E-state index contributed by atoms with van der Waals surface area (Å²) in [6.07, 6.45) is -0.482. The lowest BCUT2D eigenvalue weighted by Crippen LogP contribution is -1.99. The molecule has 78 valence electrons. The van der Waals surface area contributed by atoms with Crippen LogP contribution in [0, 0.1) is 13.8 Å². The summed E-state index contributed by atoms with van der Waals surface area (Å²) < 4.78 is 0. The number of aryl methyl sites for hydroxylation is 2. The van der Waals surface area contributed by atoms with Crippen molar-refractivity contribution < 1.29 is 5.11 Å². The van der Waals surface area contributed by atoms with Gasteiger partial charge in [0.05, 0.1) is 0 Å². The van der Waals surface area contributed by atoms with Gasteiger partial charge in [-0.2, -0.15) is 0 Å².